The highest BCUT2D eigenvalue weighted by Gasteiger charge is 1.98. The molecule has 0 saturated carbocycles. The van der Waals surface area contributed by atoms with E-state index in [1.807, 2.05) is 12.1 Å². The summed E-state index contributed by atoms with van der Waals surface area (Å²) in [6.45, 7) is -0.124. The molecule has 98 valence electrons. The summed E-state index contributed by atoms with van der Waals surface area (Å²) in [5.41, 5.74) is 0.683. The van der Waals surface area contributed by atoms with Crippen molar-refractivity contribution in [2.45, 2.75) is 0 Å². The number of carbonyl (C=O) groups excluding carboxylic acids is 1. The molecular formula is C14H12O5. The van der Waals surface area contributed by atoms with Crippen LogP contribution in [0.2, 0.25) is 0 Å². The lowest BCUT2D eigenvalue weighted by atomic mass is 10.2. The zero-order valence-electron chi connectivity index (χ0n) is 10.3. The molecule has 0 saturated heterocycles. The SMILES string of the molecule is COc1ccccc1C#CCOC(=O)/C=C\C(=O)O. The van der Waals surface area contributed by atoms with Gasteiger partial charge in [-0.25, -0.2) is 9.59 Å². The standard InChI is InChI=1S/C14H12O5/c1-18-12-7-3-2-5-11(12)6-4-10-19-14(17)9-8-13(15)16/h2-3,5,7-9H,10H2,1H3,(H,15,16)/b9-8-. The van der Waals surface area contributed by atoms with E-state index in [1.165, 1.54) is 7.11 Å². The Bertz CT molecular complexity index is 548. The minimum absolute atomic E-state index is 0.124. The molecule has 5 nitrogen and oxygen atoms in total. The van der Waals surface area contributed by atoms with Crippen molar-refractivity contribution in [3.63, 3.8) is 0 Å². The first-order valence-corrected chi connectivity index (χ1v) is 5.33. The molecule has 0 atom stereocenters. The van der Waals surface area contributed by atoms with Gasteiger partial charge in [-0.15, -0.1) is 0 Å². The highest BCUT2D eigenvalue weighted by atomic mass is 16.5. The zero-order chi connectivity index (χ0) is 14.1. The minimum Gasteiger partial charge on any atom is -0.495 e. The fraction of sp³-hybridized carbons (Fsp3) is 0.143. The number of rotatable bonds is 4. The molecule has 0 unspecified atom stereocenters. The summed E-state index contributed by atoms with van der Waals surface area (Å²) in [6, 6.07) is 7.18. The second-order valence-electron chi connectivity index (χ2n) is 3.28. The molecular weight excluding hydrogens is 248 g/mol. The van der Waals surface area contributed by atoms with Crippen molar-refractivity contribution < 1.29 is 24.2 Å². The van der Waals surface area contributed by atoms with Gasteiger partial charge >= 0.3 is 11.9 Å². The molecule has 0 radical (unpaired) electrons. The van der Waals surface area contributed by atoms with Gasteiger partial charge in [-0.2, -0.15) is 0 Å². The molecule has 1 aromatic rings. The van der Waals surface area contributed by atoms with Crippen molar-refractivity contribution in [1.82, 2.24) is 0 Å². The maximum Gasteiger partial charge on any atom is 0.331 e. The van der Waals surface area contributed by atoms with Gasteiger partial charge in [-0.05, 0) is 12.1 Å². The van der Waals surface area contributed by atoms with Crippen molar-refractivity contribution in [3.05, 3.63) is 42.0 Å². The Morgan fingerprint density at radius 3 is 2.74 bits per heavy atom. The molecule has 0 aliphatic rings. The Morgan fingerprint density at radius 1 is 1.32 bits per heavy atom. The molecule has 1 N–H and O–H groups in total. The first-order valence-electron chi connectivity index (χ1n) is 5.33. The van der Waals surface area contributed by atoms with E-state index in [1.54, 1.807) is 12.1 Å². The van der Waals surface area contributed by atoms with Crippen LogP contribution in [0.5, 0.6) is 5.75 Å². The van der Waals surface area contributed by atoms with Crippen molar-refractivity contribution in [3.8, 4) is 17.6 Å². The second kappa shape index (κ2) is 7.56. The van der Waals surface area contributed by atoms with Crippen LogP contribution in [0.1, 0.15) is 5.56 Å². The fourth-order valence-electron chi connectivity index (χ4n) is 1.17. The van der Waals surface area contributed by atoms with Crippen LogP contribution < -0.4 is 4.74 Å². The van der Waals surface area contributed by atoms with Gasteiger partial charge in [0.1, 0.15) is 5.75 Å². The Balaban J connectivity index is 2.52. The first kappa shape index (κ1) is 14.3. The molecule has 1 aromatic carbocycles. The van der Waals surface area contributed by atoms with Crippen LogP contribution >= 0.6 is 0 Å². The van der Waals surface area contributed by atoms with Crippen LogP contribution in [0.15, 0.2) is 36.4 Å². The third-order valence-corrected chi connectivity index (χ3v) is 1.98. The molecule has 0 aliphatic heterocycles. The van der Waals surface area contributed by atoms with E-state index in [2.05, 4.69) is 16.6 Å². The molecule has 0 heterocycles. The van der Waals surface area contributed by atoms with Gasteiger partial charge in [0.05, 0.1) is 12.7 Å². The van der Waals surface area contributed by atoms with E-state index in [4.69, 9.17) is 9.84 Å². The summed E-state index contributed by atoms with van der Waals surface area (Å²) >= 11 is 0. The molecule has 0 aliphatic carbocycles. The van der Waals surface area contributed by atoms with E-state index < -0.39 is 11.9 Å². The normalized spacial score (nSPS) is 9.53. The van der Waals surface area contributed by atoms with E-state index in [9.17, 15) is 9.59 Å². The number of carboxylic acid groups (broad SMARTS) is 1. The Hall–Kier alpha value is -2.74. The third kappa shape index (κ3) is 5.41. The number of benzene rings is 1. The number of carboxylic acids is 1. The lowest BCUT2D eigenvalue weighted by Gasteiger charge is -2.00. The first-order chi connectivity index (χ1) is 9.13. The smallest absolute Gasteiger partial charge is 0.331 e. The number of hydrogen-bond donors (Lipinski definition) is 1. The van der Waals surface area contributed by atoms with Gasteiger partial charge < -0.3 is 14.6 Å². The summed E-state index contributed by atoms with van der Waals surface area (Å²) in [6.07, 6.45) is 1.53. The number of aliphatic carboxylic acids is 1. The van der Waals surface area contributed by atoms with Crippen LogP contribution in [-0.4, -0.2) is 30.8 Å². The average molecular weight is 260 g/mol. The predicted octanol–water partition coefficient (Wildman–Crippen LogP) is 1.23. The Labute approximate surface area is 110 Å². The maximum absolute atomic E-state index is 11.0. The van der Waals surface area contributed by atoms with E-state index >= 15 is 0 Å². The minimum atomic E-state index is -1.21. The van der Waals surface area contributed by atoms with E-state index in [-0.39, 0.29) is 6.61 Å². The molecule has 5 heteroatoms. The highest BCUT2D eigenvalue weighted by Crippen LogP contribution is 2.15. The lowest BCUT2D eigenvalue weighted by Crippen LogP contribution is -2.01. The molecule has 0 bridgehead atoms. The summed E-state index contributed by atoms with van der Waals surface area (Å²) in [4.78, 5) is 21.2. The second-order valence-corrected chi connectivity index (χ2v) is 3.28. The van der Waals surface area contributed by atoms with E-state index in [0.29, 0.717) is 17.4 Å². The number of para-hydroxylation sites is 1. The molecule has 19 heavy (non-hydrogen) atoms. The molecule has 0 amide bonds. The van der Waals surface area contributed by atoms with Crippen LogP contribution in [0.3, 0.4) is 0 Å². The van der Waals surface area contributed by atoms with Crippen LogP contribution in [-0.2, 0) is 14.3 Å². The largest absolute Gasteiger partial charge is 0.495 e. The van der Waals surface area contributed by atoms with Gasteiger partial charge in [0, 0.05) is 12.2 Å². The van der Waals surface area contributed by atoms with Gasteiger partial charge in [0.2, 0.25) is 0 Å². The topological polar surface area (TPSA) is 72.8 Å². The fourth-order valence-corrected chi connectivity index (χ4v) is 1.17. The molecule has 0 spiro atoms. The molecule has 0 aromatic heterocycles. The van der Waals surface area contributed by atoms with Gasteiger partial charge in [-0.1, -0.05) is 24.0 Å². The van der Waals surface area contributed by atoms with Crippen LogP contribution in [0, 0.1) is 11.8 Å². The number of carbonyl (C=O) groups is 2. The van der Waals surface area contributed by atoms with Crippen molar-refractivity contribution in [2.24, 2.45) is 0 Å². The Morgan fingerprint density at radius 2 is 2.05 bits per heavy atom. The number of hydrogen-bond acceptors (Lipinski definition) is 4. The lowest BCUT2D eigenvalue weighted by molar-refractivity contribution is -0.137. The molecule has 0 fully saturated rings. The van der Waals surface area contributed by atoms with Crippen LogP contribution in [0.25, 0.3) is 0 Å². The number of ether oxygens (including phenoxy) is 2. The summed E-state index contributed by atoms with van der Waals surface area (Å²) in [7, 11) is 1.54. The van der Waals surface area contributed by atoms with E-state index in [0.717, 1.165) is 6.08 Å². The highest BCUT2D eigenvalue weighted by molar-refractivity contribution is 5.90. The summed E-state index contributed by atoms with van der Waals surface area (Å²) in [5, 5.41) is 8.30. The molecule has 1 rings (SSSR count). The predicted molar refractivity (Wildman–Crippen MR) is 67.6 cm³/mol. The van der Waals surface area contributed by atoms with Crippen molar-refractivity contribution >= 4 is 11.9 Å². The Kier molecular flexibility index (Phi) is 5.70. The van der Waals surface area contributed by atoms with Crippen LogP contribution in [0.4, 0.5) is 0 Å². The van der Waals surface area contributed by atoms with Crippen molar-refractivity contribution in [2.75, 3.05) is 13.7 Å². The van der Waals surface area contributed by atoms with Gasteiger partial charge in [-0.3, -0.25) is 0 Å². The monoisotopic (exact) mass is 260 g/mol. The van der Waals surface area contributed by atoms with Gasteiger partial charge in [0.25, 0.3) is 0 Å². The summed E-state index contributed by atoms with van der Waals surface area (Å²) < 4.78 is 9.79. The number of methoxy groups -OCH3 is 1. The zero-order valence-corrected chi connectivity index (χ0v) is 10.3. The average Bonchev–Trinajstić information content (AvgIpc) is 2.41. The maximum atomic E-state index is 11.0. The quantitative estimate of drug-likeness (QED) is 0.501. The summed E-state index contributed by atoms with van der Waals surface area (Å²) in [5.74, 6) is 4.10. The third-order valence-electron chi connectivity index (χ3n) is 1.98. The van der Waals surface area contributed by atoms with Gasteiger partial charge in [0.15, 0.2) is 6.61 Å². The number of esters is 1. The van der Waals surface area contributed by atoms with Crippen molar-refractivity contribution in [1.29, 1.82) is 0 Å².